The normalized spacial score (nSPS) is 23.7. The lowest BCUT2D eigenvalue weighted by atomic mass is 10.0. The van der Waals surface area contributed by atoms with Gasteiger partial charge >= 0.3 is 5.97 Å². The van der Waals surface area contributed by atoms with Crippen molar-refractivity contribution in [3.05, 3.63) is 35.4 Å². The standard InChI is InChI=1S/C12H13F2NO2/c1-17-12(16)10-6-5-9(15-10)7-3-2-4-8(13)11(7)14/h2-4,9-10,15H,5-6H2,1H3/t9-,10-/m1/s1. The van der Waals surface area contributed by atoms with Crippen molar-refractivity contribution in [1.29, 1.82) is 0 Å². The van der Waals surface area contributed by atoms with Gasteiger partial charge in [-0.25, -0.2) is 8.78 Å². The summed E-state index contributed by atoms with van der Waals surface area (Å²) in [7, 11) is 1.31. The zero-order chi connectivity index (χ0) is 12.4. The fourth-order valence-corrected chi connectivity index (χ4v) is 2.11. The van der Waals surface area contributed by atoms with E-state index in [0.717, 1.165) is 6.07 Å². The van der Waals surface area contributed by atoms with Crippen molar-refractivity contribution in [2.45, 2.75) is 24.9 Å². The van der Waals surface area contributed by atoms with Gasteiger partial charge in [0.1, 0.15) is 6.04 Å². The molecule has 0 unspecified atom stereocenters. The number of methoxy groups -OCH3 is 1. The average molecular weight is 241 g/mol. The largest absolute Gasteiger partial charge is 0.468 e. The van der Waals surface area contributed by atoms with Gasteiger partial charge in [-0.05, 0) is 18.9 Å². The van der Waals surface area contributed by atoms with Crippen LogP contribution in [0.3, 0.4) is 0 Å². The van der Waals surface area contributed by atoms with E-state index in [1.54, 1.807) is 0 Å². The molecular weight excluding hydrogens is 228 g/mol. The van der Waals surface area contributed by atoms with Crippen LogP contribution in [0, 0.1) is 11.6 Å². The number of hydrogen-bond acceptors (Lipinski definition) is 3. The van der Waals surface area contributed by atoms with E-state index < -0.39 is 17.7 Å². The highest BCUT2D eigenvalue weighted by molar-refractivity contribution is 5.76. The molecule has 1 aliphatic heterocycles. The lowest BCUT2D eigenvalue weighted by Crippen LogP contribution is -2.33. The van der Waals surface area contributed by atoms with Crippen LogP contribution in [0.1, 0.15) is 24.4 Å². The molecule has 0 amide bonds. The maximum Gasteiger partial charge on any atom is 0.322 e. The highest BCUT2D eigenvalue weighted by atomic mass is 19.2. The summed E-state index contributed by atoms with van der Waals surface area (Å²) in [5.74, 6) is -2.09. The Morgan fingerprint density at radius 1 is 1.41 bits per heavy atom. The van der Waals surface area contributed by atoms with Gasteiger partial charge in [-0.15, -0.1) is 0 Å². The van der Waals surface area contributed by atoms with Crippen LogP contribution < -0.4 is 5.32 Å². The first-order valence-corrected chi connectivity index (χ1v) is 5.41. The van der Waals surface area contributed by atoms with E-state index in [1.165, 1.54) is 19.2 Å². The molecule has 1 heterocycles. The number of hydrogen-bond donors (Lipinski definition) is 1. The van der Waals surface area contributed by atoms with E-state index in [4.69, 9.17) is 0 Å². The van der Waals surface area contributed by atoms with Crippen molar-refractivity contribution in [1.82, 2.24) is 5.32 Å². The molecule has 1 aromatic carbocycles. The second kappa shape index (κ2) is 4.79. The first-order valence-electron chi connectivity index (χ1n) is 5.41. The minimum Gasteiger partial charge on any atom is -0.468 e. The summed E-state index contributed by atoms with van der Waals surface area (Å²) in [6.45, 7) is 0. The number of benzene rings is 1. The van der Waals surface area contributed by atoms with Crippen LogP contribution in [0.4, 0.5) is 8.78 Å². The molecule has 0 spiro atoms. The molecule has 0 radical (unpaired) electrons. The Bertz CT molecular complexity index is 437. The minimum absolute atomic E-state index is 0.261. The summed E-state index contributed by atoms with van der Waals surface area (Å²) in [6, 6.07) is 3.28. The van der Waals surface area contributed by atoms with Gasteiger partial charge in [0.25, 0.3) is 0 Å². The molecule has 0 aromatic heterocycles. The molecule has 0 bridgehead atoms. The molecule has 1 saturated heterocycles. The average Bonchev–Trinajstić information content (AvgIpc) is 2.81. The second-order valence-corrected chi connectivity index (χ2v) is 4.02. The maximum absolute atomic E-state index is 13.5. The van der Waals surface area contributed by atoms with Gasteiger partial charge in [0.15, 0.2) is 11.6 Å². The number of ether oxygens (including phenoxy) is 1. The molecule has 0 saturated carbocycles. The van der Waals surface area contributed by atoms with Crippen LogP contribution in [-0.2, 0) is 9.53 Å². The molecular formula is C12H13F2NO2. The zero-order valence-electron chi connectivity index (χ0n) is 9.37. The summed E-state index contributed by atoms with van der Waals surface area (Å²) in [5, 5.41) is 2.94. The van der Waals surface area contributed by atoms with E-state index in [-0.39, 0.29) is 17.6 Å². The number of esters is 1. The molecule has 1 aromatic rings. The molecule has 2 rings (SSSR count). The smallest absolute Gasteiger partial charge is 0.322 e. The molecule has 1 fully saturated rings. The van der Waals surface area contributed by atoms with E-state index in [9.17, 15) is 13.6 Å². The van der Waals surface area contributed by atoms with Crippen LogP contribution in [0.25, 0.3) is 0 Å². The number of rotatable bonds is 2. The van der Waals surface area contributed by atoms with E-state index in [0.29, 0.717) is 12.8 Å². The predicted octanol–water partition coefficient (Wildman–Crippen LogP) is 1.93. The third-order valence-corrected chi connectivity index (χ3v) is 2.99. The Kier molecular flexibility index (Phi) is 3.38. The highest BCUT2D eigenvalue weighted by Gasteiger charge is 2.32. The van der Waals surface area contributed by atoms with Gasteiger partial charge in [0.05, 0.1) is 7.11 Å². The second-order valence-electron chi connectivity index (χ2n) is 4.02. The molecule has 0 aliphatic carbocycles. The Labute approximate surface area is 97.8 Å². The fraction of sp³-hybridized carbons (Fsp3) is 0.417. The predicted molar refractivity (Wildman–Crippen MR) is 57.3 cm³/mol. The van der Waals surface area contributed by atoms with Gasteiger partial charge in [-0.3, -0.25) is 10.1 Å². The summed E-state index contributed by atoms with van der Waals surface area (Å²) in [5.41, 5.74) is 0.261. The number of carbonyl (C=O) groups excluding carboxylic acids is 1. The van der Waals surface area contributed by atoms with Gasteiger partial charge in [0.2, 0.25) is 0 Å². The Balaban J connectivity index is 2.15. The van der Waals surface area contributed by atoms with Crippen LogP contribution in [0.15, 0.2) is 18.2 Å². The van der Waals surface area contributed by atoms with Crippen molar-refractivity contribution < 1.29 is 18.3 Å². The Morgan fingerprint density at radius 3 is 2.88 bits per heavy atom. The summed E-state index contributed by atoms with van der Waals surface area (Å²) >= 11 is 0. The summed E-state index contributed by atoms with van der Waals surface area (Å²) in [6.07, 6.45) is 1.15. The SMILES string of the molecule is COC(=O)[C@H]1CC[C@H](c2cccc(F)c2F)N1. The number of nitrogens with one attached hydrogen (secondary N) is 1. The van der Waals surface area contributed by atoms with Crippen LogP contribution in [0.2, 0.25) is 0 Å². The molecule has 1 N–H and O–H groups in total. The van der Waals surface area contributed by atoms with Crippen molar-refractivity contribution in [2.24, 2.45) is 0 Å². The van der Waals surface area contributed by atoms with Gasteiger partial charge in [0, 0.05) is 11.6 Å². The highest BCUT2D eigenvalue weighted by Crippen LogP contribution is 2.29. The Hall–Kier alpha value is -1.49. The molecule has 3 nitrogen and oxygen atoms in total. The minimum atomic E-state index is -0.870. The van der Waals surface area contributed by atoms with Crippen molar-refractivity contribution in [3.63, 3.8) is 0 Å². The molecule has 5 heteroatoms. The molecule has 92 valence electrons. The first-order chi connectivity index (χ1) is 8.13. The van der Waals surface area contributed by atoms with E-state index in [1.807, 2.05) is 0 Å². The zero-order valence-corrected chi connectivity index (χ0v) is 9.37. The molecule has 17 heavy (non-hydrogen) atoms. The lowest BCUT2D eigenvalue weighted by Gasteiger charge is -2.14. The van der Waals surface area contributed by atoms with Gasteiger partial charge in [-0.2, -0.15) is 0 Å². The molecule has 2 atom stereocenters. The third kappa shape index (κ3) is 2.29. The monoisotopic (exact) mass is 241 g/mol. The summed E-state index contributed by atoms with van der Waals surface area (Å²) < 4.78 is 31.2. The van der Waals surface area contributed by atoms with Crippen LogP contribution >= 0.6 is 0 Å². The topological polar surface area (TPSA) is 38.3 Å². The van der Waals surface area contributed by atoms with Crippen molar-refractivity contribution in [2.75, 3.05) is 7.11 Å². The van der Waals surface area contributed by atoms with Crippen molar-refractivity contribution in [3.8, 4) is 0 Å². The fourth-order valence-electron chi connectivity index (χ4n) is 2.11. The van der Waals surface area contributed by atoms with E-state index in [2.05, 4.69) is 10.1 Å². The first kappa shape index (κ1) is 12.0. The number of halogens is 2. The van der Waals surface area contributed by atoms with Gasteiger partial charge < -0.3 is 4.74 Å². The van der Waals surface area contributed by atoms with Gasteiger partial charge in [-0.1, -0.05) is 12.1 Å². The Morgan fingerprint density at radius 2 is 2.18 bits per heavy atom. The quantitative estimate of drug-likeness (QED) is 0.804. The third-order valence-electron chi connectivity index (χ3n) is 2.99. The van der Waals surface area contributed by atoms with Crippen molar-refractivity contribution >= 4 is 5.97 Å². The van der Waals surface area contributed by atoms with Crippen LogP contribution in [-0.4, -0.2) is 19.1 Å². The van der Waals surface area contributed by atoms with Crippen LogP contribution in [0.5, 0.6) is 0 Å². The van der Waals surface area contributed by atoms with E-state index >= 15 is 0 Å². The maximum atomic E-state index is 13.5. The lowest BCUT2D eigenvalue weighted by molar-refractivity contribution is -0.142. The number of carbonyl (C=O) groups is 1. The summed E-state index contributed by atoms with van der Waals surface area (Å²) in [4.78, 5) is 11.3. The molecule has 1 aliphatic rings.